The van der Waals surface area contributed by atoms with Gasteiger partial charge in [-0.15, -0.1) is 0 Å². The smallest absolute Gasteiger partial charge is 0.128 e. The van der Waals surface area contributed by atoms with Crippen molar-refractivity contribution in [3.63, 3.8) is 0 Å². The molecule has 0 amide bonds. The highest BCUT2D eigenvalue weighted by Gasteiger charge is 2.04. The number of pyridine rings is 1. The first-order chi connectivity index (χ1) is 11.4. The fourth-order valence-corrected chi connectivity index (χ4v) is 2.57. The molecular weight excluding hydrogens is 282 g/mol. The van der Waals surface area contributed by atoms with Crippen molar-refractivity contribution in [2.24, 2.45) is 0 Å². The Balaban J connectivity index is 1.69. The predicted molar refractivity (Wildman–Crippen MR) is 93.7 cm³/mol. The Hall–Kier alpha value is -3.13. The minimum atomic E-state index is 0.809. The standard InChI is InChI=1S/C21H15NO/c1-2-9-18(10-3-1)23-19-11-6-8-17(15-19)21-14-13-16-7-4-5-12-20(16)22-21/h1-15H. The summed E-state index contributed by atoms with van der Waals surface area (Å²) in [6.07, 6.45) is 0. The maximum absolute atomic E-state index is 5.90. The Labute approximate surface area is 135 Å². The third-order valence-electron chi connectivity index (χ3n) is 3.71. The Morgan fingerprint density at radius 1 is 0.609 bits per heavy atom. The lowest BCUT2D eigenvalue weighted by Crippen LogP contribution is -1.87. The molecule has 1 heterocycles. The first-order valence-electron chi connectivity index (χ1n) is 7.58. The summed E-state index contributed by atoms with van der Waals surface area (Å²) in [6, 6.07) is 30.1. The van der Waals surface area contributed by atoms with Gasteiger partial charge in [-0.3, -0.25) is 0 Å². The summed E-state index contributed by atoms with van der Waals surface area (Å²) >= 11 is 0. The number of aromatic nitrogens is 1. The van der Waals surface area contributed by atoms with Gasteiger partial charge in [0, 0.05) is 10.9 Å². The summed E-state index contributed by atoms with van der Waals surface area (Å²) in [5.74, 6) is 1.64. The van der Waals surface area contributed by atoms with Crippen molar-refractivity contribution in [3.8, 4) is 22.8 Å². The molecule has 0 saturated heterocycles. The van der Waals surface area contributed by atoms with E-state index in [-0.39, 0.29) is 0 Å². The lowest BCUT2D eigenvalue weighted by atomic mass is 10.1. The molecule has 0 radical (unpaired) electrons. The largest absolute Gasteiger partial charge is 0.457 e. The number of nitrogens with zero attached hydrogens (tertiary/aromatic N) is 1. The fraction of sp³-hybridized carbons (Fsp3) is 0. The lowest BCUT2D eigenvalue weighted by molar-refractivity contribution is 0.483. The molecule has 0 aliphatic heterocycles. The maximum Gasteiger partial charge on any atom is 0.128 e. The minimum absolute atomic E-state index is 0.809. The van der Waals surface area contributed by atoms with E-state index < -0.39 is 0 Å². The normalized spacial score (nSPS) is 10.6. The molecule has 3 aromatic carbocycles. The topological polar surface area (TPSA) is 22.1 Å². The lowest BCUT2D eigenvalue weighted by Gasteiger charge is -2.08. The second kappa shape index (κ2) is 5.93. The molecule has 110 valence electrons. The zero-order valence-electron chi connectivity index (χ0n) is 12.5. The molecule has 0 bridgehead atoms. The van der Waals surface area contributed by atoms with Gasteiger partial charge >= 0.3 is 0 Å². The quantitative estimate of drug-likeness (QED) is 0.484. The van der Waals surface area contributed by atoms with Crippen molar-refractivity contribution in [2.45, 2.75) is 0 Å². The van der Waals surface area contributed by atoms with Crippen molar-refractivity contribution < 1.29 is 4.74 Å². The Morgan fingerprint density at radius 2 is 1.39 bits per heavy atom. The van der Waals surface area contributed by atoms with Gasteiger partial charge in [-0.1, -0.05) is 54.6 Å². The van der Waals surface area contributed by atoms with E-state index >= 15 is 0 Å². The number of hydrogen-bond acceptors (Lipinski definition) is 2. The number of benzene rings is 3. The highest BCUT2D eigenvalue weighted by atomic mass is 16.5. The van der Waals surface area contributed by atoms with Crippen LogP contribution in [0.1, 0.15) is 0 Å². The van der Waals surface area contributed by atoms with Crippen LogP contribution in [0.25, 0.3) is 22.2 Å². The summed E-state index contributed by atoms with van der Waals surface area (Å²) in [7, 11) is 0. The summed E-state index contributed by atoms with van der Waals surface area (Å²) in [4.78, 5) is 4.74. The van der Waals surface area contributed by atoms with Gasteiger partial charge in [0.25, 0.3) is 0 Å². The van der Waals surface area contributed by atoms with Gasteiger partial charge in [-0.2, -0.15) is 0 Å². The van der Waals surface area contributed by atoms with E-state index in [9.17, 15) is 0 Å². The van der Waals surface area contributed by atoms with Crippen molar-refractivity contribution in [3.05, 3.63) is 91.0 Å². The third kappa shape index (κ3) is 2.92. The highest BCUT2D eigenvalue weighted by Crippen LogP contribution is 2.27. The van der Waals surface area contributed by atoms with E-state index in [2.05, 4.69) is 18.2 Å². The van der Waals surface area contributed by atoms with Crippen molar-refractivity contribution >= 4 is 10.9 Å². The second-order valence-corrected chi connectivity index (χ2v) is 5.33. The van der Waals surface area contributed by atoms with Gasteiger partial charge in [-0.25, -0.2) is 4.98 Å². The van der Waals surface area contributed by atoms with E-state index in [1.165, 1.54) is 0 Å². The van der Waals surface area contributed by atoms with Crippen LogP contribution in [0.2, 0.25) is 0 Å². The van der Waals surface area contributed by atoms with Crippen LogP contribution in [0.15, 0.2) is 91.0 Å². The average molecular weight is 297 g/mol. The molecule has 2 nitrogen and oxygen atoms in total. The molecule has 1 aromatic heterocycles. The minimum Gasteiger partial charge on any atom is -0.457 e. The zero-order chi connectivity index (χ0) is 15.5. The molecule has 0 unspecified atom stereocenters. The van der Waals surface area contributed by atoms with Crippen molar-refractivity contribution in [1.29, 1.82) is 0 Å². The highest BCUT2D eigenvalue weighted by molar-refractivity contribution is 5.81. The van der Waals surface area contributed by atoms with Crippen LogP contribution in [0, 0.1) is 0 Å². The predicted octanol–water partition coefficient (Wildman–Crippen LogP) is 5.69. The van der Waals surface area contributed by atoms with Gasteiger partial charge < -0.3 is 4.74 Å². The van der Waals surface area contributed by atoms with Crippen LogP contribution >= 0.6 is 0 Å². The van der Waals surface area contributed by atoms with Gasteiger partial charge in [0.2, 0.25) is 0 Å². The summed E-state index contributed by atoms with van der Waals surface area (Å²) < 4.78 is 5.90. The average Bonchev–Trinajstić information content (AvgIpc) is 2.62. The van der Waals surface area contributed by atoms with Crippen LogP contribution < -0.4 is 4.74 Å². The molecule has 0 spiro atoms. The number of rotatable bonds is 3. The van der Waals surface area contributed by atoms with Crippen LogP contribution in [0.5, 0.6) is 11.5 Å². The molecule has 0 aliphatic rings. The third-order valence-corrected chi connectivity index (χ3v) is 3.71. The molecule has 4 rings (SSSR count). The Bertz CT molecular complexity index is 948. The number of hydrogen-bond donors (Lipinski definition) is 0. The second-order valence-electron chi connectivity index (χ2n) is 5.33. The molecule has 0 atom stereocenters. The van der Waals surface area contributed by atoms with Crippen LogP contribution in [-0.2, 0) is 0 Å². The summed E-state index contributed by atoms with van der Waals surface area (Å²) in [5.41, 5.74) is 2.99. The molecule has 2 heteroatoms. The van der Waals surface area contributed by atoms with Crippen LogP contribution in [0.3, 0.4) is 0 Å². The monoisotopic (exact) mass is 297 g/mol. The number of ether oxygens (including phenoxy) is 1. The van der Waals surface area contributed by atoms with Crippen molar-refractivity contribution in [1.82, 2.24) is 4.98 Å². The fourth-order valence-electron chi connectivity index (χ4n) is 2.57. The van der Waals surface area contributed by atoms with Gasteiger partial charge in [-0.05, 0) is 36.4 Å². The first kappa shape index (κ1) is 13.5. The van der Waals surface area contributed by atoms with E-state index in [0.29, 0.717) is 0 Å². The Kier molecular flexibility index (Phi) is 3.49. The van der Waals surface area contributed by atoms with E-state index in [0.717, 1.165) is 33.7 Å². The number of fused-ring (bicyclic) bond motifs is 1. The number of para-hydroxylation sites is 2. The Morgan fingerprint density at radius 3 is 2.30 bits per heavy atom. The summed E-state index contributed by atoms with van der Waals surface area (Å²) in [5, 5.41) is 1.15. The van der Waals surface area contributed by atoms with Gasteiger partial charge in [0.15, 0.2) is 0 Å². The maximum atomic E-state index is 5.90. The van der Waals surface area contributed by atoms with Crippen LogP contribution in [0.4, 0.5) is 0 Å². The summed E-state index contributed by atoms with van der Waals surface area (Å²) in [6.45, 7) is 0. The first-order valence-corrected chi connectivity index (χ1v) is 7.58. The molecule has 0 N–H and O–H groups in total. The van der Waals surface area contributed by atoms with Gasteiger partial charge in [0.1, 0.15) is 11.5 Å². The molecule has 0 fully saturated rings. The van der Waals surface area contributed by atoms with E-state index in [1.807, 2.05) is 72.8 Å². The molecule has 0 aliphatic carbocycles. The zero-order valence-corrected chi connectivity index (χ0v) is 12.5. The SMILES string of the molecule is c1ccc(Oc2cccc(-c3ccc4ccccc4n3)c2)cc1. The van der Waals surface area contributed by atoms with Crippen LogP contribution in [-0.4, -0.2) is 4.98 Å². The van der Waals surface area contributed by atoms with E-state index in [4.69, 9.17) is 9.72 Å². The van der Waals surface area contributed by atoms with Gasteiger partial charge in [0.05, 0.1) is 11.2 Å². The molecule has 4 aromatic rings. The van der Waals surface area contributed by atoms with Crippen molar-refractivity contribution in [2.75, 3.05) is 0 Å². The van der Waals surface area contributed by atoms with E-state index in [1.54, 1.807) is 0 Å². The molecular formula is C21H15NO. The molecule has 0 saturated carbocycles. The molecule has 23 heavy (non-hydrogen) atoms.